The number of carboxylic acid groups (broad SMARTS) is 1. The van der Waals surface area contributed by atoms with Crippen molar-refractivity contribution in [1.82, 2.24) is 15.2 Å². The molecule has 29 heavy (non-hydrogen) atoms. The topological polar surface area (TPSA) is 101 Å². The van der Waals surface area contributed by atoms with Gasteiger partial charge in [0.2, 0.25) is 0 Å². The summed E-state index contributed by atoms with van der Waals surface area (Å²) in [6.07, 6.45) is -1.51. The predicted molar refractivity (Wildman–Crippen MR) is 95.0 cm³/mol. The van der Waals surface area contributed by atoms with Gasteiger partial charge in [-0.2, -0.15) is 13.2 Å². The van der Waals surface area contributed by atoms with Crippen molar-refractivity contribution in [3.63, 3.8) is 0 Å². The zero-order chi connectivity index (χ0) is 21.6. The fourth-order valence-corrected chi connectivity index (χ4v) is 3.13. The van der Waals surface area contributed by atoms with Crippen molar-refractivity contribution >= 4 is 12.0 Å². The molecule has 0 unspecified atom stereocenters. The molecule has 2 aliphatic rings. The summed E-state index contributed by atoms with van der Waals surface area (Å²) in [4.78, 5) is 27.2. The molecule has 11 heteroatoms. The van der Waals surface area contributed by atoms with Gasteiger partial charge in [-0.15, -0.1) is 0 Å². The van der Waals surface area contributed by atoms with Crippen LogP contribution in [0, 0.1) is 5.92 Å². The number of nitrogens with one attached hydrogen (secondary N) is 1. The lowest BCUT2D eigenvalue weighted by molar-refractivity contribution is -0.192. The highest BCUT2D eigenvalue weighted by molar-refractivity contribution is 5.75. The van der Waals surface area contributed by atoms with Gasteiger partial charge in [0.1, 0.15) is 0 Å². The molecule has 3 atom stereocenters. The monoisotopic (exact) mass is 419 g/mol. The van der Waals surface area contributed by atoms with Crippen LogP contribution in [0.4, 0.5) is 18.0 Å². The lowest BCUT2D eigenvalue weighted by atomic mass is 10.0. The van der Waals surface area contributed by atoms with E-state index in [-0.39, 0.29) is 30.1 Å². The highest BCUT2D eigenvalue weighted by Gasteiger charge is 2.48. The van der Waals surface area contributed by atoms with Crippen molar-refractivity contribution in [2.24, 2.45) is 5.92 Å². The van der Waals surface area contributed by atoms with Crippen molar-refractivity contribution < 1.29 is 37.3 Å². The van der Waals surface area contributed by atoms with E-state index < -0.39 is 12.1 Å². The number of pyridine rings is 1. The molecule has 162 valence electrons. The number of amides is 2. The molecule has 0 saturated carbocycles. The summed E-state index contributed by atoms with van der Waals surface area (Å²) in [7, 11) is 0. The molecular weight excluding hydrogens is 395 g/mol. The van der Waals surface area contributed by atoms with Crippen LogP contribution in [0.1, 0.15) is 19.4 Å². The van der Waals surface area contributed by atoms with Gasteiger partial charge in [-0.25, -0.2) is 9.59 Å². The standard InChI is InChI=1S/C16H23N3O3.C2HF3O2/c1-11(2)18-16(20)19-7-15(13-9-21-10-14(13)19)22-8-12-4-3-5-17-6-12;3-2(4,5)1(6)7/h3-6,11,13-15H,7-10H2,1-2H3,(H,18,20);(H,6,7)/t13-,14+,15-;/m0./s1. The molecule has 2 saturated heterocycles. The van der Waals surface area contributed by atoms with Crippen molar-refractivity contribution in [3.8, 4) is 0 Å². The minimum atomic E-state index is -5.08. The van der Waals surface area contributed by atoms with Crippen LogP contribution in [0.5, 0.6) is 0 Å². The number of nitrogens with zero attached hydrogens (tertiary/aromatic N) is 2. The van der Waals surface area contributed by atoms with Crippen LogP contribution in [0.2, 0.25) is 0 Å². The first-order chi connectivity index (χ1) is 13.6. The van der Waals surface area contributed by atoms with Gasteiger partial charge in [-0.1, -0.05) is 6.07 Å². The number of hydrogen-bond acceptors (Lipinski definition) is 5. The third kappa shape index (κ3) is 6.57. The number of fused-ring (bicyclic) bond motifs is 1. The largest absolute Gasteiger partial charge is 0.490 e. The molecule has 2 aliphatic heterocycles. The first-order valence-electron chi connectivity index (χ1n) is 9.05. The SMILES string of the molecule is CC(C)NC(=O)N1C[C@H](OCc2cccnc2)[C@H]2COC[C@H]21.O=C(O)C(F)(F)F. The molecule has 1 aromatic rings. The van der Waals surface area contributed by atoms with Gasteiger partial charge in [-0.05, 0) is 25.5 Å². The fourth-order valence-electron chi connectivity index (χ4n) is 3.13. The van der Waals surface area contributed by atoms with E-state index in [0.29, 0.717) is 26.4 Å². The molecule has 8 nitrogen and oxygen atoms in total. The summed E-state index contributed by atoms with van der Waals surface area (Å²) < 4.78 is 43.3. The average molecular weight is 419 g/mol. The number of ether oxygens (including phenoxy) is 2. The zero-order valence-corrected chi connectivity index (χ0v) is 16.1. The Morgan fingerprint density at radius 1 is 1.41 bits per heavy atom. The van der Waals surface area contributed by atoms with E-state index in [2.05, 4.69) is 10.3 Å². The number of halogens is 3. The Morgan fingerprint density at radius 2 is 2.10 bits per heavy atom. The van der Waals surface area contributed by atoms with Gasteiger partial charge < -0.3 is 24.8 Å². The number of carbonyl (C=O) groups excluding carboxylic acids is 1. The summed E-state index contributed by atoms with van der Waals surface area (Å²) in [5.41, 5.74) is 1.04. The summed E-state index contributed by atoms with van der Waals surface area (Å²) in [5, 5.41) is 10.1. The van der Waals surface area contributed by atoms with E-state index >= 15 is 0 Å². The van der Waals surface area contributed by atoms with Gasteiger partial charge in [0.05, 0.1) is 32.0 Å². The van der Waals surface area contributed by atoms with Crippen LogP contribution in [-0.2, 0) is 20.9 Å². The number of urea groups is 1. The summed E-state index contributed by atoms with van der Waals surface area (Å²) in [5.74, 6) is -2.50. The number of aliphatic carboxylic acids is 1. The molecule has 3 rings (SSSR count). The maximum absolute atomic E-state index is 12.3. The number of hydrogen-bond donors (Lipinski definition) is 2. The van der Waals surface area contributed by atoms with Crippen molar-refractivity contribution in [2.45, 2.75) is 44.8 Å². The second-order valence-electron chi connectivity index (χ2n) is 7.04. The molecule has 2 fully saturated rings. The van der Waals surface area contributed by atoms with Crippen molar-refractivity contribution in [3.05, 3.63) is 30.1 Å². The maximum Gasteiger partial charge on any atom is 0.490 e. The predicted octanol–water partition coefficient (Wildman–Crippen LogP) is 2.05. The van der Waals surface area contributed by atoms with Crippen LogP contribution < -0.4 is 5.32 Å². The zero-order valence-electron chi connectivity index (χ0n) is 16.1. The maximum atomic E-state index is 12.3. The van der Waals surface area contributed by atoms with Crippen LogP contribution in [-0.4, -0.2) is 71.1 Å². The Hall–Kier alpha value is -2.40. The van der Waals surface area contributed by atoms with Crippen molar-refractivity contribution in [1.29, 1.82) is 0 Å². The van der Waals surface area contributed by atoms with Gasteiger partial charge >= 0.3 is 18.2 Å². The van der Waals surface area contributed by atoms with Crippen LogP contribution in [0.3, 0.4) is 0 Å². The molecule has 3 heterocycles. The average Bonchev–Trinajstić information content (AvgIpc) is 3.23. The Bertz CT molecular complexity index is 687. The number of alkyl halides is 3. The van der Waals surface area contributed by atoms with Gasteiger partial charge in [0.15, 0.2) is 0 Å². The number of carbonyl (C=O) groups is 2. The number of aromatic nitrogens is 1. The highest BCUT2D eigenvalue weighted by Crippen LogP contribution is 2.32. The van der Waals surface area contributed by atoms with Gasteiger partial charge in [-0.3, -0.25) is 4.98 Å². The normalized spacial score (nSPS) is 23.4. The molecule has 0 spiro atoms. The molecule has 0 bridgehead atoms. The van der Waals surface area contributed by atoms with E-state index in [1.165, 1.54) is 0 Å². The quantitative estimate of drug-likeness (QED) is 0.775. The molecule has 2 N–H and O–H groups in total. The lowest BCUT2D eigenvalue weighted by Gasteiger charge is -2.24. The van der Waals surface area contributed by atoms with E-state index in [4.69, 9.17) is 19.4 Å². The second kappa shape index (κ2) is 9.88. The first-order valence-corrected chi connectivity index (χ1v) is 9.05. The number of carboxylic acids is 1. The number of likely N-dealkylation sites (tertiary alicyclic amines) is 1. The van der Waals surface area contributed by atoms with Crippen molar-refractivity contribution in [2.75, 3.05) is 19.8 Å². The second-order valence-corrected chi connectivity index (χ2v) is 7.04. The summed E-state index contributed by atoms with van der Waals surface area (Å²) in [6.45, 7) is 6.33. The minimum Gasteiger partial charge on any atom is -0.475 e. The molecule has 0 radical (unpaired) electrons. The Morgan fingerprint density at radius 3 is 2.66 bits per heavy atom. The van der Waals surface area contributed by atoms with Gasteiger partial charge in [0.25, 0.3) is 0 Å². The minimum absolute atomic E-state index is 0.0191. The molecular formula is C18H24F3N3O5. The van der Waals surface area contributed by atoms with Crippen LogP contribution in [0.25, 0.3) is 0 Å². The van der Waals surface area contributed by atoms with E-state index in [0.717, 1.165) is 5.56 Å². The van der Waals surface area contributed by atoms with Crippen LogP contribution in [0.15, 0.2) is 24.5 Å². The van der Waals surface area contributed by atoms with E-state index in [1.807, 2.05) is 30.9 Å². The van der Waals surface area contributed by atoms with E-state index in [1.54, 1.807) is 12.4 Å². The third-order valence-corrected chi connectivity index (χ3v) is 4.45. The lowest BCUT2D eigenvalue weighted by Crippen LogP contribution is -2.46. The Kier molecular flexibility index (Phi) is 7.80. The Labute approximate surface area is 166 Å². The molecule has 1 aromatic heterocycles. The summed E-state index contributed by atoms with van der Waals surface area (Å²) in [6, 6.07) is 4.12. The van der Waals surface area contributed by atoms with Gasteiger partial charge in [0, 0.05) is 30.9 Å². The molecule has 2 amide bonds. The number of rotatable bonds is 4. The summed E-state index contributed by atoms with van der Waals surface area (Å²) >= 11 is 0. The van der Waals surface area contributed by atoms with E-state index in [9.17, 15) is 18.0 Å². The Balaban J connectivity index is 0.000000370. The highest BCUT2D eigenvalue weighted by atomic mass is 19.4. The molecule has 0 aromatic carbocycles. The molecule has 0 aliphatic carbocycles. The third-order valence-electron chi connectivity index (χ3n) is 4.45. The smallest absolute Gasteiger partial charge is 0.475 e. The van der Waals surface area contributed by atoms with Crippen LogP contribution >= 0.6 is 0 Å². The fraction of sp³-hybridized carbons (Fsp3) is 0.611. The first kappa shape index (κ1) is 22.9.